The van der Waals surface area contributed by atoms with Crippen molar-refractivity contribution < 1.29 is 9.59 Å². The summed E-state index contributed by atoms with van der Waals surface area (Å²) in [6, 6.07) is 25.1. The highest BCUT2D eigenvalue weighted by molar-refractivity contribution is 6.30. The summed E-state index contributed by atoms with van der Waals surface area (Å²) >= 11 is 6.20. The van der Waals surface area contributed by atoms with E-state index in [1.165, 1.54) is 5.56 Å². The molecule has 0 aliphatic carbocycles. The lowest BCUT2D eigenvalue weighted by atomic mass is 9.87. The standard InChI is InChI=1S/C31H29ClN4O2/c1-3-29(37)34-25-9-6-23-18-30(38)36(31(28(23)19-25)22-4-7-24(32)8-5-22)27-12-10-26(11-13-27)35(2)20-21-14-16-33-17-15-21/h4-17,19,31H,3,18,20H2,1-2H3,(H,34,37). The van der Waals surface area contributed by atoms with Crippen LogP contribution >= 0.6 is 11.6 Å². The fourth-order valence-electron chi connectivity index (χ4n) is 4.86. The number of nitrogens with one attached hydrogen (secondary N) is 1. The van der Waals surface area contributed by atoms with Crippen LogP contribution in [0.5, 0.6) is 0 Å². The van der Waals surface area contributed by atoms with Gasteiger partial charge in [0, 0.05) is 54.5 Å². The number of hydrogen-bond donors (Lipinski definition) is 1. The minimum Gasteiger partial charge on any atom is -0.370 e. The maximum absolute atomic E-state index is 13.6. The molecule has 1 aliphatic heterocycles. The molecule has 1 N–H and O–H groups in total. The van der Waals surface area contributed by atoms with E-state index in [1.807, 2.05) is 97.7 Å². The number of anilines is 3. The third kappa shape index (κ3) is 5.41. The smallest absolute Gasteiger partial charge is 0.232 e. The molecule has 4 aromatic rings. The molecule has 38 heavy (non-hydrogen) atoms. The monoisotopic (exact) mass is 524 g/mol. The van der Waals surface area contributed by atoms with Crippen molar-refractivity contribution in [2.45, 2.75) is 32.4 Å². The van der Waals surface area contributed by atoms with E-state index in [2.05, 4.69) is 15.2 Å². The Balaban J connectivity index is 1.51. The average molecular weight is 525 g/mol. The zero-order valence-corrected chi connectivity index (χ0v) is 22.2. The fraction of sp³-hybridized carbons (Fsp3) is 0.194. The van der Waals surface area contributed by atoms with E-state index in [4.69, 9.17) is 11.6 Å². The van der Waals surface area contributed by atoms with Crippen molar-refractivity contribution >= 4 is 40.5 Å². The average Bonchev–Trinajstić information content (AvgIpc) is 2.93. The third-order valence-electron chi connectivity index (χ3n) is 6.84. The van der Waals surface area contributed by atoms with Gasteiger partial charge in [0.2, 0.25) is 11.8 Å². The van der Waals surface area contributed by atoms with Crippen LogP contribution in [0.25, 0.3) is 0 Å². The molecule has 1 aliphatic rings. The molecule has 1 atom stereocenters. The van der Waals surface area contributed by atoms with Crippen molar-refractivity contribution in [2.75, 3.05) is 22.2 Å². The number of pyridine rings is 1. The molecule has 1 unspecified atom stereocenters. The molecule has 0 fully saturated rings. The van der Waals surface area contributed by atoms with Crippen molar-refractivity contribution in [1.29, 1.82) is 0 Å². The Kier molecular flexibility index (Phi) is 7.43. The lowest BCUT2D eigenvalue weighted by molar-refractivity contribution is -0.119. The quantitative estimate of drug-likeness (QED) is 0.304. The summed E-state index contributed by atoms with van der Waals surface area (Å²) < 4.78 is 0. The van der Waals surface area contributed by atoms with Crippen molar-refractivity contribution in [3.8, 4) is 0 Å². The van der Waals surface area contributed by atoms with Gasteiger partial charge in [0.05, 0.1) is 12.5 Å². The fourth-order valence-corrected chi connectivity index (χ4v) is 4.98. The predicted molar refractivity (Wildman–Crippen MR) is 153 cm³/mol. The SMILES string of the molecule is CCC(=O)Nc1ccc2c(c1)C(c1ccc(Cl)cc1)N(c1ccc(N(C)Cc3ccncc3)cc1)C(=O)C2. The van der Waals surface area contributed by atoms with Gasteiger partial charge in [-0.05, 0) is 82.9 Å². The highest BCUT2D eigenvalue weighted by Gasteiger charge is 2.35. The first-order chi connectivity index (χ1) is 18.4. The number of rotatable bonds is 7. The summed E-state index contributed by atoms with van der Waals surface area (Å²) in [6.45, 7) is 2.57. The van der Waals surface area contributed by atoms with Crippen LogP contribution in [-0.2, 0) is 22.6 Å². The van der Waals surface area contributed by atoms with Crippen LogP contribution in [0.3, 0.4) is 0 Å². The van der Waals surface area contributed by atoms with Crippen LogP contribution in [0, 0.1) is 0 Å². The molecule has 2 heterocycles. The first-order valence-corrected chi connectivity index (χ1v) is 13.0. The first-order valence-electron chi connectivity index (χ1n) is 12.6. The summed E-state index contributed by atoms with van der Waals surface area (Å²) in [7, 11) is 2.04. The number of amides is 2. The number of halogens is 1. The normalized spacial score (nSPS) is 14.7. The van der Waals surface area contributed by atoms with Gasteiger partial charge in [0.1, 0.15) is 0 Å². The third-order valence-corrected chi connectivity index (χ3v) is 7.09. The zero-order chi connectivity index (χ0) is 26.6. The Bertz CT molecular complexity index is 1440. The predicted octanol–water partition coefficient (Wildman–Crippen LogP) is 6.40. The number of hydrogen-bond acceptors (Lipinski definition) is 4. The van der Waals surface area contributed by atoms with Gasteiger partial charge in [0.15, 0.2) is 0 Å². The van der Waals surface area contributed by atoms with Gasteiger partial charge in [-0.3, -0.25) is 14.6 Å². The molecule has 2 amide bonds. The summed E-state index contributed by atoms with van der Waals surface area (Å²) in [5.41, 5.74) is 6.63. The second-order valence-corrected chi connectivity index (χ2v) is 9.87. The van der Waals surface area contributed by atoms with Crippen LogP contribution in [0.15, 0.2) is 91.3 Å². The van der Waals surface area contributed by atoms with E-state index in [1.54, 1.807) is 12.4 Å². The second-order valence-electron chi connectivity index (χ2n) is 9.44. The Morgan fingerprint density at radius 3 is 2.42 bits per heavy atom. The van der Waals surface area contributed by atoms with Gasteiger partial charge in [-0.25, -0.2) is 0 Å². The topological polar surface area (TPSA) is 65.5 Å². The molecule has 192 valence electrons. The molecule has 0 saturated heterocycles. The molecule has 1 aromatic heterocycles. The highest BCUT2D eigenvalue weighted by Crippen LogP contribution is 2.40. The molecule has 3 aromatic carbocycles. The Labute approximate surface area is 227 Å². The summed E-state index contributed by atoms with van der Waals surface area (Å²) in [4.78, 5) is 33.8. The van der Waals surface area contributed by atoms with Crippen LogP contribution in [-0.4, -0.2) is 23.8 Å². The number of nitrogens with zero attached hydrogens (tertiary/aromatic N) is 3. The Morgan fingerprint density at radius 1 is 1.03 bits per heavy atom. The van der Waals surface area contributed by atoms with Crippen LogP contribution < -0.4 is 15.1 Å². The van der Waals surface area contributed by atoms with Gasteiger partial charge >= 0.3 is 0 Å². The lowest BCUT2D eigenvalue weighted by Gasteiger charge is -2.38. The van der Waals surface area contributed by atoms with E-state index >= 15 is 0 Å². The number of carbonyl (C=O) groups is 2. The number of fused-ring (bicyclic) bond motifs is 1. The zero-order valence-electron chi connectivity index (χ0n) is 21.4. The molecule has 0 radical (unpaired) electrons. The van der Waals surface area contributed by atoms with Gasteiger partial charge in [-0.15, -0.1) is 0 Å². The van der Waals surface area contributed by atoms with Gasteiger partial charge in [0.25, 0.3) is 0 Å². The van der Waals surface area contributed by atoms with E-state index in [0.717, 1.165) is 40.3 Å². The molecule has 7 heteroatoms. The Hall–Kier alpha value is -4.16. The van der Waals surface area contributed by atoms with E-state index < -0.39 is 0 Å². The molecule has 0 saturated carbocycles. The molecule has 5 rings (SSSR count). The first kappa shape index (κ1) is 25.5. The number of carbonyl (C=O) groups excluding carboxylic acids is 2. The maximum Gasteiger partial charge on any atom is 0.232 e. The molecule has 6 nitrogen and oxygen atoms in total. The van der Waals surface area contributed by atoms with Crippen LogP contribution in [0.1, 0.15) is 41.6 Å². The van der Waals surface area contributed by atoms with E-state index in [0.29, 0.717) is 11.4 Å². The lowest BCUT2D eigenvalue weighted by Crippen LogP contribution is -2.41. The van der Waals surface area contributed by atoms with Crippen LogP contribution in [0.4, 0.5) is 17.1 Å². The minimum atomic E-state index is -0.359. The van der Waals surface area contributed by atoms with Gasteiger partial charge < -0.3 is 15.1 Å². The van der Waals surface area contributed by atoms with Crippen molar-refractivity contribution in [2.24, 2.45) is 0 Å². The summed E-state index contributed by atoms with van der Waals surface area (Å²) in [5.74, 6) is -0.0381. The largest absolute Gasteiger partial charge is 0.370 e. The summed E-state index contributed by atoms with van der Waals surface area (Å²) in [6.07, 6.45) is 4.26. The number of benzene rings is 3. The van der Waals surface area contributed by atoms with Crippen LogP contribution in [0.2, 0.25) is 5.02 Å². The molecule has 0 bridgehead atoms. The minimum absolute atomic E-state index is 0.0145. The summed E-state index contributed by atoms with van der Waals surface area (Å²) in [5, 5.41) is 3.59. The molecular weight excluding hydrogens is 496 g/mol. The number of aromatic nitrogens is 1. The van der Waals surface area contributed by atoms with Gasteiger partial charge in [-0.1, -0.05) is 36.7 Å². The second kappa shape index (κ2) is 11.1. The van der Waals surface area contributed by atoms with Crippen molar-refractivity contribution in [3.05, 3.63) is 119 Å². The maximum atomic E-state index is 13.6. The van der Waals surface area contributed by atoms with E-state index in [9.17, 15) is 9.59 Å². The van der Waals surface area contributed by atoms with Crippen molar-refractivity contribution in [1.82, 2.24) is 4.98 Å². The Morgan fingerprint density at radius 2 is 1.74 bits per heavy atom. The molecule has 0 spiro atoms. The van der Waals surface area contributed by atoms with Crippen molar-refractivity contribution in [3.63, 3.8) is 0 Å². The van der Waals surface area contributed by atoms with Gasteiger partial charge in [-0.2, -0.15) is 0 Å². The highest BCUT2D eigenvalue weighted by atomic mass is 35.5. The van der Waals surface area contributed by atoms with E-state index in [-0.39, 0.29) is 24.3 Å². The molecular formula is C31H29ClN4O2.